The van der Waals surface area contributed by atoms with Crippen molar-refractivity contribution < 1.29 is 14.3 Å². The van der Waals surface area contributed by atoms with Crippen molar-refractivity contribution in [1.29, 1.82) is 5.26 Å². The first-order valence-corrected chi connectivity index (χ1v) is 10.9. The summed E-state index contributed by atoms with van der Waals surface area (Å²) in [4.78, 5) is 15.1. The highest BCUT2D eigenvalue weighted by Crippen LogP contribution is 2.44. The quantitative estimate of drug-likeness (QED) is 0.751. The van der Waals surface area contributed by atoms with E-state index in [9.17, 15) is 10.1 Å². The van der Waals surface area contributed by atoms with Crippen LogP contribution in [0.1, 0.15) is 36.1 Å². The smallest absolute Gasteiger partial charge is 0.260 e. The summed E-state index contributed by atoms with van der Waals surface area (Å²) in [6.45, 7) is 8.43. The minimum atomic E-state index is -0.579. The number of allylic oxidation sites excluding steroid dienone is 1. The second-order valence-electron chi connectivity index (χ2n) is 8.82. The summed E-state index contributed by atoms with van der Waals surface area (Å²) in [5.41, 5.74) is 5.17. The number of nitrogens with zero attached hydrogens (tertiary/aromatic N) is 2. The van der Waals surface area contributed by atoms with Crippen molar-refractivity contribution in [2.45, 2.75) is 26.0 Å². The molecule has 0 aromatic heterocycles. The molecule has 2 aromatic rings. The van der Waals surface area contributed by atoms with Crippen molar-refractivity contribution in [3.8, 4) is 6.07 Å². The second-order valence-corrected chi connectivity index (χ2v) is 8.82. The van der Waals surface area contributed by atoms with Crippen LogP contribution in [-0.4, -0.2) is 42.7 Å². The first-order chi connectivity index (χ1) is 15.4. The van der Waals surface area contributed by atoms with Gasteiger partial charge in [0.2, 0.25) is 0 Å². The summed E-state index contributed by atoms with van der Waals surface area (Å²) in [7, 11) is 0. The van der Waals surface area contributed by atoms with Crippen molar-refractivity contribution in [2.24, 2.45) is 0 Å². The first-order valence-electron chi connectivity index (χ1n) is 10.9. The number of morpholine rings is 1. The maximum Gasteiger partial charge on any atom is 0.260 e. The number of carbonyl (C=O) groups excluding carboxylic acids is 1. The summed E-state index contributed by atoms with van der Waals surface area (Å²) in [5.74, 6) is 0.327. The first kappa shape index (κ1) is 20.5. The predicted molar refractivity (Wildman–Crippen MR) is 122 cm³/mol. The van der Waals surface area contributed by atoms with Crippen LogP contribution >= 0.6 is 0 Å². The highest BCUT2D eigenvalue weighted by atomic mass is 16.5. The molecule has 0 saturated carbocycles. The van der Waals surface area contributed by atoms with Gasteiger partial charge in [0.1, 0.15) is 11.4 Å². The Labute approximate surface area is 187 Å². The third-order valence-corrected chi connectivity index (χ3v) is 6.20. The number of hydrogen-bond acceptors (Lipinski definition) is 5. The topological polar surface area (TPSA) is 74.6 Å². The zero-order chi connectivity index (χ0) is 22.3. The number of hydrogen-bond donors (Lipinski definition) is 1. The number of carbonyl (C=O) groups is 1. The molecule has 0 aliphatic carbocycles. The molecule has 0 unspecified atom stereocenters. The van der Waals surface area contributed by atoms with E-state index in [1.54, 1.807) is 18.2 Å². The van der Waals surface area contributed by atoms with Crippen molar-refractivity contribution in [3.05, 3.63) is 76.6 Å². The van der Waals surface area contributed by atoms with Gasteiger partial charge in [-0.05, 0) is 49.2 Å². The molecule has 0 spiro atoms. The molecular formula is C26H25N3O3. The van der Waals surface area contributed by atoms with Crippen molar-refractivity contribution in [3.63, 3.8) is 0 Å². The van der Waals surface area contributed by atoms with Gasteiger partial charge in [-0.15, -0.1) is 0 Å². The van der Waals surface area contributed by atoms with E-state index in [0.717, 1.165) is 44.0 Å². The number of anilines is 1. The number of ether oxygens (including phenoxy) is 2. The molecule has 1 amide bonds. The minimum Gasteiger partial charge on any atom is -0.482 e. The van der Waals surface area contributed by atoms with Crippen LogP contribution in [0.15, 0.2) is 54.3 Å². The fourth-order valence-electron chi connectivity index (χ4n) is 4.51. The Morgan fingerprint density at radius 1 is 1.12 bits per heavy atom. The van der Waals surface area contributed by atoms with E-state index in [2.05, 4.69) is 40.6 Å². The van der Waals surface area contributed by atoms with Gasteiger partial charge < -0.3 is 14.8 Å². The number of fused-ring (bicyclic) bond motifs is 1. The Bertz CT molecular complexity index is 1180. The average Bonchev–Trinajstić information content (AvgIpc) is 3.29. The SMILES string of the molecule is CC1(C)O/C(=C2/C(=O)Nc3ccc(C#N)cc32)C=C1c1ccc(CN2CCOCC2)cc1. The van der Waals surface area contributed by atoms with Gasteiger partial charge in [0.05, 0.1) is 30.4 Å². The highest BCUT2D eigenvalue weighted by Gasteiger charge is 2.38. The Kier molecular flexibility index (Phi) is 5.09. The van der Waals surface area contributed by atoms with E-state index in [0.29, 0.717) is 28.1 Å². The van der Waals surface area contributed by atoms with Gasteiger partial charge in [-0.25, -0.2) is 0 Å². The van der Waals surface area contributed by atoms with E-state index in [4.69, 9.17) is 9.47 Å². The van der Waals surface area contributed by atoms with Crippen LogP contribution in [0.4, 0.5) is 5.69 Å². The molecule has 1 N–H and O–H groups in total. The summed E-state index contributed by atoms with van der Waals surface area (Å²) < 4.78 is 11.7. The number of amides is 1. The fourth-order valence-corrected chi connectivity index (χ4v) is 4.51. The normalized spacial score (nSPS) is 22.0. The number of benzene rings is 2. The Balaban J connectivity index is 1.47. The molecule has 6 nitrogen and oxygen atoms in total. The average molecular weight is 428 g/mol. The van der Waals surface area contributed by atoms with Crippen molar-refractivity contribution in [2.75, 3.05) is 31.6 Å². The van der Waals surface area contributed by atoms with Crippen LogP contribution in [0.3, 0.4) is 0 Å². The zero-order valence-electron chi connectivity index (χ0n) is 18.3. The fraction of sp³-hybridized carbons (Fsp3) is 0.308. The van der Waals surface area contributed by atoms with Gasteiger partial charge in [0.15, 0.2) is 0 Å². The summed E-state index contributed by atoms with van der Waals surface area (Å²) in [6, 6.07) is 15.9. The van der Waals surface area contributed by atoms with Crippen LogP contribution in [0.25, 0.3) is 11.1 Å². The van der Waals surface area contributed by atoms with Crippen LogP contribution in [0, 0.1) is 11.3 Å². The standard InChI is InChI=1S/C26H25N3O3/c1-26(2)21(19-6-3-17(4-7-19)16-29-9-11-31-12-10-29)14-23(32-26)24-20-13-18(15-27)5-8-22(20)28-25(24)30/h3-8,13-14H,9-12,16H2,1-2H3,(H,28,30)/b24-23+. The van der Waals surface area contributed by atoms with Gasteiger partial charge in [-0.3, -0.25) is 9.69 Å². The van der Waals surface area contributed by atoms with E-state index in [-0.39, 0.29) is 5.91 Å². The summed E-state index contributed by atoms with van der Waals surface area (Å²) in [6.07, 6.45) is 1.96. The molecule has 32 heavy (non-hydrogen) atoms. The molecule has 162 valence electrons. The maximum absolute atomic E-state index is 12.7. The molecule has 6 heteroatoms. The molecule has 5 rings (SSSR count). The van der Waals surface area contributed by atoms with Crippen molar-refractivity contribution >= 4 is 22.7 Å². The Hall–Kier alpha value is -3.40. The summed E-state index contributed by atoms with van der Waals surface area (Å²) >= 11 is 0. The lowest BCUT2D eigenvalue weighted by Crippen LogP contribution is -2.35. The lowest BCUT2D eigenvalue weighted by Gasteiger charge is -2.27. The van der Waals surface area contributed by atoms with Gasteiger partial charge in [0.25, 0.3) is 5.91 Å². The molecule has 0 radical (unpaired) electrons. The van der Waals surface area contributed by atoms with Gasteiger partial charge in [-0.2, -0.15) is 5.26 Å². The van der Waals surface area contributed by atoms with Gasteiger partial charge >= 0.3 is 0 Å². The lowest BCUT2D eigenvalue weighted by atomic mass is 9.91. The van der Waals surface area contributed by atoms with Gasteiger partial charge in [-0.1, -0.05) is 24.3 Å². The molecule has 1 fully saturated rings. The molecule has 3 aliphatic rings. The van der Waals surface area contributed by atoms with E-state index < -0.39 is 5.60 Å². The monoisotopic (exact) mass is 427 g/mol. The number of nitrogens with one attached hydrogen (secondary N) is 1. The molecular weight excluding hydrogens is 402 g/mol. The third-order valence-electron chi connectivity index (χ3n) is 6.20. The van der Waals surface area contributed by atoms with Crippen LogP contribution < -0.4 is 5.32 Å². The molecule has 1 saturated heterocycles. The van der Waals surface area contributed by atoms with Crippen LogP contribution in [0.5, 0.6) is 0 Å². The van der Waals surface area contributed by atoms with Crippen LogP contribution in [0.2, 0.25) is 0 Å². The molecule has 3 heterocycles. The third kappa shape index (κ3) is 3.70. The second kappa shape index (κ2) is 7.94. The zero-order valence-corrected chi connectivity index (χ0v) is 18.3. The molecule has 0 bridgehead atoms. The van der Waals surface area contributed by atoms with Crippen LogP contribution in [-0.2, 0) is 20.8 Å². The molecule has 2 aromatic carbocycles. The number of rotatable bonds is 3. The summed E-state index contributed by atoms with van der Waals surface area (Å²) in [5, 5.41) is 12.1. The number of nitriles is 1. The minimum absolute atomic E-state index is 0.209. The van der Waals surface area contributed by atoms with E-state index in [1.165, 1.54) is 5.56 Å². The van der Waals surface area contributed by atoms with Crippen molar-refractivity contribution in [1.82, 2.24) is 4.90 Å². The van der Waals surface area contributed by atoms with E-state index in [1.807, 2.05) is 19.9 Å². The Morgan fingerprint density at radius 3 is 2.59 bits per heavy atom. The predicted octanol–water partition coefficient (Wildman–Crippen LogP) is 3.95. The Morgan fingerprint density at radius 2 is 1.88 bits per heavy atom. The van der Waals surface area contributed by atoms with Gasteiger partial charge in [0, 0.05) is 36.5 Å². The lowest BCUT2D eigenvalue weighted by molar-refractivity contribution is -0.111. The molecule has 0 atom stereocenters. The molecule has 3 aliphatic heterocycles. The largest absolute Gasteiger partial charge is 0.482 e. The highest BCUT2D eigenvalue weighted by molar-refractivity contribution is 6.32. The van der Waals surface area contributed by atoms with E-state index >= 15 is 0 Å². The maximum atomic E-state index is 12.7.